The van der Waals surface area contributed by atoms with Crippen LogP contribution in [0.1, 0.15) is 16.2 Å². The van der Waals surface area contributed by atoms with E-state index in [1.165, 1.54) is 24.6 Å². The number of carbonyl (C=O) groups is 1. The van der Waals surface area contributed by atoms with Gasteiger partial charge in [-0.15, -0.1) is 0 Å². The van der Waals surface area contributed by atoms with Crippen LogP contribution in [-0.4, -0.2) is 15.9 Å². The third kappa shape index (κ3) is 3.54. The Morgan fingerprint density at radius 1 is 1.12 bits per heavy atom. The van der Waals surface area contributed by atoms with Crippen molar-refractivity contribution >= 4 is 17.5 Å². The second-order valence-corrected chi connectivity index (χ2v) is 4.75. The Morgan fingerprint density at radius 3 is 2.62 bits per heavy atom. The van der Waals surface area contributed by atoms with E-state index in [-0.39, 0.29) is 23.9 Å². The van der Waals surface area contributed by atoms with Gasteiger partial charge in [0, 0.05) is 6.20 Å². The molecule has 1 amide bonds. The average Bonchev–Trinajstić information content (AvgIpc) is 3.10. The normalized spacial score (nSPS) is 10.4. The molecule has 3 rings (SSSR count). The summed E-state index contributed by atoms with van der Waals surface area (Å²) in [7, 11) is 0. The zero-order chi connectivity index (χ0) is 16.9. The van der Waals surface area contributed by atoms with Crippen molar-refractivity contribution in [2.24, 2.45) is 0 Å². The van der Waals surface area contributed by atoms with Crippen molar-refractivity contribution < 1.29 is 18.0 Å². The highest BCUT2D eigenvalue weighted by Gasteiger charge is 2.13. The van der Waals surface area contributed by atoms with Gasteiger partial charge in [-0.2, -0.15) is 0 Å². The number of furan rings is 1. The molecule has 0 saturated carbocycles. The third-order valence-corrected chi connectivity index (χ3v) is 3.09. The minimum atomic E-state index is -0.786. The molecule has 0 atom stereocenters. The topological polar surface area (TPSA) is 80.0 Å². The Balaban J connectivity index is 1.73. The number of hydrogen-bond donors (Lipinski definition) is 2. The van der Waals surface area contributed by atoms with Gasteiger partial charge in [-0.1, -0.05) is 6.07 Å². The third-order valence-electron chi connectivity index (χ3n) is 3.09. The van der Waals surface area contributed by atoms with Crippen molar-refractivity contribution in [3.05, 3.63) is 71.9 Å². The van der Waals surface area contributed by atoms with Gasteiger partial charge in [-0.05, 0) is 30.3 Å². The van der Waals surface area contributed by atoms with Crippen LogP contribution in [0.15, 0.2) is 53.3 Å². The first-order chi connectivity index (χ1) is 11.6. The molecule has 6 nitrogen and oxygen atoms in total. The number of nitrogens with one attached hydrogen (secondary N) is 2. The first-order valence-electron chi connectivity index (χ1n) is 6.98. The van der Waals surface area contributed by atoms with E-state index in [1.807, 2.05) is 0 Å². The van der Waals surface area contributed by atoms with Crippen LogP contribution in [0.25, 0.3) is 0 Å². The summed E-state index contributed by atoms with van der Waals surface area (Å²) in [5.41, 5.74) is -0.332. The molecule has 1 aromatic carbocycles. The minimum absolute atomic E-state index is 0.0517. The lowest BCUT2D eigenvalue weighted by Gasteiger charge is -2.08. The largest absolute Gasteiger partial charge is 0.467 e. The van der Waals surface area contributed by atoms with Gasteiger partial charge in [0.15, 0.2) is 0 Å². The summed E-state index contributed by atoms with van der Waals surface area (Å²) in [5, 5.41) is 5.05. The maximum Gasteiger partial charge on any atom is 0.270 e. The Labute approximate surface area is 135 Å². The molecular weight excluding hydrogens is 318 g/mol. The molecule has 0 unspecified atom stereocenters. The van der Waals surface area contributed by atoms with Gasteiger partial charge in [-0.25, -0.2) is 18.7 Å². The molecule has 3 aromatic rings. The van der Waals surface area contributed by atoms with Crippen LogP contribution in [0.2, 0.25) is 0 Å². The number of benzene rings is 1. The predicted octanol–water partition coefficient (Wildman–Crippen LogP) is 3.02. The molecule has 0 radical (unpaired) electrons. The smallest absolute Gasteiger partial charge is 0.270 e. The molecule has 0 aliphatic rings. The van der Waals surface area contributed by atoms with Crippen molar-refractivity contribution in [2.45, 2.75) is 6.54 Å². The quantitative estimate of drug-likeness (QED) is 0.752. The minimum Gasteiger partial charge on any atom is -0.467 e. The SMILES string of the molecule is O=C(NCc1ccco1)c1ccnc(Nc2c(F)cccc2F)n1. The number of aromatic nitrogens is 2. The van der Waals surface area contributed by atoms with Crippen molar-refractivity contribution in [2.75, 3.05) is 5.32 Å². The summed E-state index contributed by atoms with van der Waals surface area (Å²) < 4.78 is 32.4. The monoisotopic (exact) mass is 330 g/mol. The molecule has 2 N–H and O–H groups in total. The lowest BCUT2D eigenvalue weighted by atomic mass is 10.3. The van der Waals surface area contributed by atoms with Gasteiger partial charge in [-0.3, -0.25) is 4.79 Å². The highest BCUT2D eigenvalue weighted by Crippen LogP contribution is 2.21. The number of carbonyl (C=O) groups excluding carboxylic acids is 1. The molecule has 0 spiro atoms. The van der Waals surface area contributed by atoms with Crippen molar-refractivity contribution in [3.63, 3.8) is 0 Å². The fraction of sp³-hybridized carbons (Fsp3) is 0.0625. The van der Waals surface area contributed by atoms with E-state index in [9.17, 15) is 13.6 Å². The summed E-state index contributed by atoms with van der Waals surface area (Å²) >= 11 is 0. The number of anilines is 2. The maximum absolute atomic E-state index is 13.6. The zero-order valence-electron chi connectivity index (χ0n) is 12.3. The molecule has 24 heavy (non-hydrogen) atoms. The zero-order valence-corrected chi connectivity index (χ0v) is 12.3. The van der Waals surface area contributed by atoms with Crippen LogP contribution >= 0.6 is 0 Å². The van der Waals surface area contributed by atoms with E-state index in [4.69, 9.17) is 4.42 Å². The van der Waals surface area contributed by atoms with E-state index >= 15 is 0 Å². The van der Waals surface area contributed by atoms with Gasteiger partial charge in [0.1, 0.15) is 28.8 Å². The fourth-order valence-electron chi connectivity index (χ4n) is 1.95. The van der Waals surface area contributed by atoms with Gasteiger partial charge in [0.05, 0.1) is 12.8 Å². The maximum atomic E-state index is 13.6. The first kappa shape index (κ1) is 15.6. The first-order valence-corrected chi connectivity index (χ1v) is 6.98. The number of halogens is 2. The molecule has 0 bridgehead atoms. The lowest BCUT2D eigenvalue weighted by Crippen LogP contribution is -2.24. The molecule has 8 heteroatoms. The molecule has 0 aliphatic heterocycles. The van der Waals surface area contributed by atoms with Gasteiger partial charge in [0.2, 0.25) is 5.95 Å². The lowest BCUT2D eigenvalue weighted by molar-refractivity contribution is 0.0943. The van der Waals surface area contributed by atoms with Crippen LogP contribution in [0, 0.1) is 11.6 Å². The molecule has 0 fully saturated rings. The molecule has 0 saturated heterocycles. The second kappa shape index (κ2) is 6.86. The van der Waals surface area contributed by atoms with Crippen LogP contribution in [0.3, 0.4) is 0 Å². The Hall–Kier alpha value is -3.29. The summed E-state index contributed by atoms with van der Waals surface area (Å²) in [4.78, 5) is 19.9. The summed E-state index contributed by atoms with van der Waals surface area (Å²) in [6.45, 7) is 0.195. The fourth-order valence-corrected chi connectivity index (χ4v) is 1.95. The van der Waals surface area contributed by atoms with E-state index in [2.05, 4.69) is 20.6 Å². The van der Waals surface area contributed by atoms with Crippen LogP contribution < -0.4 is 10.6 Å². The van der Waals surface area contributed by atoms with Gasteiger partial charge >= 0.3 is 0 Å². The summed E-state index contributed by atoms with van der Waals surface area (Å²) in [6.07, 6.45) is 2.81. The van der Waals surface area contributed by atoms with E-state index < -0.39 is 17.5 Å². The van der Waals surface area contributed by atoms with Gasteiger partial charge in [0.25, 0.3) is 5.91 Å². The van der Waals surface area contributed by atoms with Gasteiger partial charge < -0.3 is 15.1 Å². The Morgan fingerprint density at radius 2 is 1.92 bits per heavy atom. The van der Waals surface area contributed by atoms with Crippen LogP contribution in [-0.2, 0) is 6.54 Å². The molecular formula is C16H12F2N4O2. The van der Waals surface area contributed by atoms with Crippen LogP contribution in [0.5, 0.6) is 0 Å². The standard InChI is InChI=1S/C16H12F2N4O2/c17-11-4-1-5-12(18)14(11)22-16-19-7-6-13(21-16)15(23)20-9-10-3-2-8-24-10/h1-8H,9H2,(H,20,23)(H,19,21,22). The molecule has 122 valence electrons. The summed E-state index contributed by atoms with van der Waals surface area (Å²) in [5.74, 6) is -1.54. The Bertz CT molecular complexity index is 833. The number of amides is 1. The molecule has 2 aromatic heterocycles. The molecule has 2 heterocycles. The van der Waals surface area contributed by atoms with Crippen LogP contribution in [0.4, 0.5) is 20.4 Å². The molecule has 0 aliphatic carbocycles. The van der Waals surface area contributed by atoms with E-state index in [1.54, 1.807) is 12.1 Å². The van der Waals surface area contributed by atoms with E-state index in [0.717, 1.165) is 12.1 Å². The predicted molar refractivity (Wildman–Crippen MR) is 81.6 cm³/mol. The van der Waals surface area contributed by atoms with Crippen molar-refractivity contribution in [1.82, 2.24) is 15.3 Å². The second-order valence-electron chi connectivity index (χ2n) is 4.75. The van der Waals surface area contributed by atoms with Crippen molar-refractivity contribution in [1.29, 1.82) is 0 Å². The average molecular weight is 330 g/mol. The number of nitrogens with zero attached hydrogens (tertiary/aromatic N) is 2. The highest BCUT2D eigenvalue weighted by molar-refractivity contribution is 5.92. The van der Waals surface area contributed by atoms with Crippen molar-refractivity contribution in [3.8, 4) is 0 Å². The Kier molecular flexibility index (Phi) is 4.46. The number of hydrogen-bond acceptors (Lipinski definition) is 5. The number of rotatable bonds is 5. The number of para-hydroxylation sites is 1. The summed E-state index contributed by atoms with van der Waals surface area (Å²) in [6, 6.07) is 8.26. The highest BCUT2D eigenvalue weighted by atomic mass is 19.1. The van der Waals surface area contributed by atoms with E-state index in [0.29, 0.717) is 5.76 Å².